The van der Waals surface area contributed by atoms with Crippen LogP contribution >= 0.6 is 42.8 Å². The Labute approximate surface area is 210 Å². The fourth-order valence-corrected chi connectivity index (χ4v) is 5.36. The SMILES string of the molecule is N#C/C(=C1C=C/C(=N\OP(=O)(Oc2ccccc2)Oc2ccccc2)S\1)c1c(Cl)cccc1Cl. The third-order valence-corrected chi connectivity index (χ3v) is 7.07. The highest BCUT2D eigenvalue weighted by atomic mass is 35.5. The summed E-state index contributed by atoms with van der Waals surface area (Å²) in [6.45, 7) is 0. The van der Waals surface area contributed by atoms with Crippen molar-refractivity contribution < 1.29 is 18.2 Å². The zero-order valence-corrected chi connectivity index (χ0v) is 20.5. The number of rotatable bonds is 7. The molecule has 1 aliphatic heterocycles. The average Bonchev–Trinajstić information content (AvgIpc) is 3.30. The van der Waals surface area contributed by atoms with Crippen LogP contribution in [0.15, 0.2) is 101 Å². The van der Waals surface area contributed by atoms with Gasteiger partial charge in [-0.3, -0.25) is 4.62 Å². The number of hydrogen-bond acceptors (Lipinski definition) is 7. The van der Waals surface area contributed by atoms with Crippen molar-refractivity contribution in [2.45, 2.75) is 0 Å². The van der Waals surface area contributed by atoms with Crippen LogP contribution in [0.2, 0.25) is 10.0 Å². The summed E-state index contributed by atoms with van der Waals surface area (Å²) in [6, 6.07) is 24.1. The molecule has 6 nitrogen and oxygen atoms in total. The van der Waals surface area contributed by atoms with Crippen LogP contribution in [0.5, 0.6) is 11.5 Å². The molecule has 0 radical (unpaired) electrons. The van der Waals surface area contributed by atoms with Crippen molar-refractivity contribution in [3.05, 3.63) is 112 Å². The summed E-state index contributed by atoms with van der Waals surface area (Å²) in [4.78, 5) is 0.558. The lowest BCUT2D eigenvalue weighted by molar-refractivity contribution is 0.219. The number of phosphoric acid groups is 1. The molecule has 34 heavy (non-hydrogen) atoms. The van der Waals surface area contributed by atoms with Crippen molar-refractivity contribution in [1.82, 2.24) is 0 Å². The van der Waals surface area contributed by atoms with Crippen LogP contribution in [0.4, 0.5) is 0 Å². The van der Waals surface area contributed by atoms with Gasteiger partial charge < -0.3 is 9.05 Å². The smallest absolute Gasteiger partial charge is 0.385 e. The monoisotopic (exact) mass is 528 g/mol. The Balaban J connectivity index is 1.59. The predicted octanol–water partition coefficient (Wildman–Crippen LogP) is 8.13. The number of halogens is 2. The van der Waals surface area contributed by atoms with Crippen LogP contribution in [0.3, 0.4) is 0 Å². The number of thioether (sulfide) groups is 1. The highest BCUT2D eigenvalue weighted by Gasteiger charge is 2.34. The highest BCUT2D eigenvalue weighted by molar-refractivity contribution is 8.18. The normalized spacial score (nSPS) is 15.6. The lowest BCUT2D eigenvalue weighted by atomic mass is 10.1. The average molecular weight is 529 g/mol. The second kappa shape index (κ2) is 10.9. The largest absolute Gasteiger partial charge is 0.668 e. The van der Waals surface area contributed by atoms with Gasteiger partial charge in [0, 0.05) is 10.5 Å². The zero-order chi connectivity index (χ0) is 24.0. The Morgan fingerprint density at radius 3 is 1.94 bits per heavy atom. The van der Waals surface area contributed by atoms with Gasteiger partial charge in [0.05, 0.1) is 15.6 Å². The van der Waals surface area contributed by atoms with Gasteiger partial charge in [-0.25, -0.2) is 0 Å². The minimum absolute atomic E-state index is 0.284. The van der Waals surface area contributed by atoms with E-state index in [4.69, 9.17) is 36.9 Å². The van der Waals surface area contributed by atoms with Gasteiger partial charge in [-0.2, -0.15) is 9.83 Å². The van der Waals surface area contributed by atoms with Crippen molar-refractivity contribution in [3.63, 3.8) is 0 Å². The van der Waals surface area contributed by atoms with Crippen LogP contribution in [-0.4, -0.2) is 5.04 Å². The molecule has 0 aromatic heterocycles. The molecular weight excluding hydrogens is 514 g/mol. The Bertz CT molecular complexity index is 1310. The molecule has 0 unspecified atom stereocenters. The molecule has 0 amide bonds. The summed E-state index contributed by atoms with van der Waals surface area (Å²) < 4.78 is 29.8. The highest BCUT2D eigenvalue weighted by Crippen LogP contribution is 2.50. The van der Waals surface area contributed by atoms with Gasteiger partial charge in [0.15, 0.2) is 0 Å². The summed E-state index contributed by atoms with van der Waals surface area (Å²) in [5.41, 5.74) is 0.708. The molecule has 170 valence electrons. The number of nitriles is 1. The molecule has 1 aliphatic rings. The van der Waals surface area contributed by atoms with Crippen molar-refractivity contribution >= 4 is 53.4 Å². The van der Waals surface area contributed by atoms with E-state index in [2.05, 4.69) is 11.2 Å². The number of allylic oxidation sites excluding steroid dienone is 2. The first kappa shape index (κ1) is 24.0. The molecule has 3 aromatic rings. The van der Waals surface area contributed by atoms with Gasteiger partial charge in [0.1, 0.15) is 22.6 Å². The lowest BCUT2D eigenvalue weighted by Gasteiger charge is -2.16. The Hall–Kier alpha value is -3.14. The molecule has 0 saturated carbocycles. The number of nitrogens with zero attached hydrogens (tertiary/aromatic N) is 2. The molecule has 10 heteroatoms. The first-order valence-corrected chi connectivity index (χ1v) is 12.8. The molecule has 3 aromatic carbocycles. The summed E-state index contributed by atoms with van der Waals surface area (Å²) >= 11 is 13.7. The van der Waals surface area contributed by atoms with Crippen molar-refractivity contribution in [1.29, 1.82) is 5.26 Å². The molecule has 0 fully saturated rings. The maximum Gasteiger partial charge on any atom is 0.668 e. The summed E-state index contributed by atoms with van der Waals surface area (Å²) in [5, 5.41) is 14.7. The quantitative estimate of drug-likeness (QED) is 0.175. The summed E-state index contributed by atoms with van der Waals surface area (Å²) in [7, 11) is -4.20. The van der Waals surface area contributed by atoms with E-state index < -0.39 is 7.82 Å². The summed E-state index contributed by atoms with van der Waals surface area (Å²) in [6.07, 6.45) is 3.28. The number of para-hydroxylation sites is 2. The molecule has 4 rings (SSSR count). The molecule has 0 saturated heterocycles. The lowest BCUT2D eigenvalue weighted by Crippen LogP contribution is -2.03. The number of oxime groups is 1. The van der Waals surface area contributed by atoms with E-state index in [-0.39, 0.29) is 17.1 Å². The van der Waals surface area contributed by atoms with Crippen LogP contribution in [0, 0.1) is 11.3 Å². The van der Waals surface area contributed by atoms with Crippen LogP contribution in [0.1, 0.15) is 5.56 Å². The first-order chi connectivity index (χ1) is 16.5. The molecule has 0 aliphatic carbocycles. The van der Waals surface area contributed by atoms with Crippen molar-refractivity contribution in [2.75, 3.05) is 0 Å². The van der Waals surface area contributed by atoms with Gasteiger partial charge in [-0.05, 0) is 48.6 Å². The van der Waals surface area contributed by atoms with E-state index in [0.29, 0.717) is 25.6 Å². The maximum atomic E-state index is 13.4. The molecule has 1 heterocycles. The fraction of sp³-hybridized carbons (Fsp3) is 0. The van der Waals surface area contributed by atoms with Gasteiger partial charge in [0.25, 0.3) is 0 Å². The van der Waals surface area contributed by atoms with E-state index in [1.807, 2.05) is 0 Å². The molecule has 0 bridgehead atoms. The Morgan fingerprint density at radius 2 is 1.41 bits per heavy atom. The predicted molar refractivity (Wildman–Crippen MR) is 136 cm³/mol. The van der Waals surface area contributed by atoms with Gasteiger partial charge >= 0.3 is 7.82 Å². The van der Waals surface area contributed by atoms with Gasteiger partial charge in [0.2, 0.25) is 0 Å². The topological polar surface area (TPSA) is 80.9 Å². The standard InChI is InChI=1S/C24H15Cl2N2O4PS/c25-20-12-7-13-21(26)24(20)19(16-27)22-14-15-23(34-22)28-32-33(29,30-17-8-3-1-4-9-17)31-18-10-5-2-6-11-18/h1-15H/b22-19-,28-23+. The van der Waals surface area contributed by atoms with E-state index in [1.165, 1.54) is 0 Å². The Kier molecular flexibility index (Phi) is 7.66. The van der Waals surface area contributed by atoms with E-state index in [9.17, 15) is 9.83 Å². The fourth-order valence-electron chi connectivity index (χ4n) is 2.85. The number of hydrogen-bond donors (Lipinski definition) is 0. The van der Waals surface area contributed by atoms with E-state index >= 15 is 0 Å². The van der Waals surface area contributed by atoms with Crippen LogP contribution < -0.4 is 9.05 Å². The van der Waals surface area contributed by atoms with E-state index in [1.54, 1.807) is 91.0 Å². The summed E-state index contributed by atoms with van der Waals surface area (Å²) in [5.74, 6) is 0.578. The second-order valence-electron chi connectivity index (χ2n) is 6.65. The third kappa shape index (κ3) is 5.85. The second-order valence-corrected chi connectivity index (χ2v) is 9.95. The van der Waals surface area contributed by atoms with Crippen molar-refractivity contribution in [3.8, 4) is 17.6 Å². The molecule has 0 spiro atoms. The minimum atomic E-state index is -4.20. The molecule has 0 N–H and O–H groups in total. The van der Waals surface area contributed by atoms with Crippen molar-refractivity contribution in [2.24, 2.45) is 5.16 Å². The first-order valence-electron chi connectivity index (χ1n) is 9.78. The molecular formula is C24H15Cl2N2O4PS. The van der Waals surface area contributed by atoms with E-state index in [0.717, 1.165) is 11.8 Å². The number of benzene rings is 3. The van der Waals surface area contributed by atoms with Crippen LogP contribution in [0.25, 0.3) is 5.57 Å². The third-order valence-electron chi connectivity index (χ3n) is 4.31. The zero-order valence-electron chi connectivity index (χ0n) is 17.3. The van der Waals surface area contributed by atoms with Crippen LogP contribution in [-0.2, 0) is 9.19 Å². The maximum absolute atomic E-state index is 13.4. The molecule has 0 atom stereocenters. The Morgan fingerprint density at radius 1 is 0.853 bits per heavy atom. The number of phosphoric ester groups is 1. The minimum Gasteiger partial charge on any atom is -0.385 e. The van der Waals surface area contributed by atoms with Gasteiger partial charge in [-0.15, -0.1) is 0 Å². The van der Waals surface area contributed by atoms with Gasteiger partial charge in [-0.1, -0.05) is 82.6 Å².